The Balaban J connectivity index is 1.59. The Morgan fingerprint density at radius 3 is 2.43 bits per heavy atom. The number of hydrogen-bond acceptors (Lipinski definition) is 7. The number of amides is 1. The van der Waals surface area contributed by atoms with Crippen molar-refractivity contribution >= 4 is 28.8 Å². The fraction of sp³-hybridized carbons (Fsp3) is 0.222. The third kappa shape index (κ3) is 4.30. The molecule has 35 heavy (non-hydrogen) atoms. The number of methoxy groups -OCH3 is 2. The van der Waals surface area contributed by atoms with Crippen molar-refractivity contribution in [1.82, 2.24) is 5.32 Å². The van der Waals surface area contributed by atoms with Crippen molar-refractivity contribution in [3.63, 3.8) is 0 Å². The summed E-state index contributed by atoms with van der Waals surface area (Å²) in [6, 6.07) is 18.4. The van der Waals surface area contributed by atoms with E-state index in [0.717, 1.165) is 17.0 Å². The van der Waals surface area contributed by atoms with Crippen molar-refractivity contribution in [2.24, 2.45) is 9.98 Å². The number of amidine groups is 1. The fourth-order valence-electron chi connectivity index (χ4n) is 4.22. The van der Waals surface area contributed by atoms with Crippen LogP contribution in [-0.2, 0) is 0 Å². The number of benzene rings is 3. The molecule has 5 rings (SSSR count). The zero-order chi connectivity index (χ0) is 24.4. The molecule has 2 aliphatic rings. The number of carbonyl (C=O) groups excluding carboxylic acids is 1. The molecule has 0 aromatic heterocycles. The van der Waals surface area contributed by atoms with Crippen LogP contribution in [0.2, 0.25) is 0 Å². The molecule has 8 heteroatoms. The summed E-state index contributed by atoms with van der Waals surface area (Å²) in [4.78, 5) is 23.2. The molecule has 0 aliphatic carbocycles. The highest BCUT2D eigenvalue weighted by Crippen LogP contribution is 2.38. The molecule has 1 amide bonds. The monoisotopic (exact) mass is 471 g/mol. The molecule has 0 bridgehead atoms. The predicted molar refractivity (Wildman–Crippen MR) is 133 cm³/mol. The molecule has 0 saturated heterocycles. The molecule has 0 unspecified atom stereocenters. The van der Waals surface area contributed by atoms with Gasteiger partial charge in [0.15, 0.2) is 23.0 Å². The second-order valence-corrected chi connectivity index (χ2v) is 8.01. The van der Waals surface area contributed by atoms with Gasteiger partial charge in [-0.05, 0) is 54.4 Å². The molecule has 3 aromatic carbocycles. The van der Waals surface area contributed by atoms with Gasteiger partial charge in [-0.2, -0.15) is 0 Å². The van der Waals surface area contributed by atoms with Crippen LogP contribution in [0.15, 0.2) is 70.6 Å². The van der Waals surface area contributed by atoms with Crippen LogP contribution in [0.5, 0.6) is 23.0 Å². The van der Waals surface area contributed by atoms with Crippen LogP contribution >= 0.6 is 0 Å². The lowest BCUT2D eigenvalue weighted by atomic mass is 9.90. The summed E-state index contributed by atoms with van der Waals surface area (Å²) in [5, 5.41) is 3.05. The molecule has 0 fully saturated rings. The summed E-state index contributed by atoms with van der Waals surface area (Å²) in [5.41, 5.74) is 3.62. The highest BCUT2D eigenvalue weighted by molar-refractivity contribution is 6.19. The predicted octanol–water partition coefficient (Wildman–Crippen LogP) is 5.17. The van der Waals surface area contributed by atoms with Crippen LogP contribution in [0.3, 0.4) is 0 Å². The molecule has 3 aromatic rings. The van der Waals surface area contributed by atoms with E-state index in [1.54, 1.807) is 32.4 Å². The Bertz CT molecular complexity index is 1350. The second kappa shape index (κ2) is 9.50. The van der Waals surface area contributed by atoms with Crippen molar-refractivity contribution < 1.29 is 23.7 Å². The molecular formula is C27H25N3O5. The first kappa shape index (κ1) is 22.5. The first-order valence-electron chi connectivity index (χ1n) is 11.3. The zero-order valence-electron chi connectivity index (χ0n) is 19.7. The van der Waals surface area contributed by atoms with Gasteiger partial charge < -0.3 is 24.3 Å². The Morgan fingerprint density at radius 1 is 0.943 bits per heavy atom. The lowest BCUT2D eigenvalue weighted by molar-refractivity contribution is 0.0976. The quantitative estimate of drug-likeness (QED) is 0.554. The molecule has 0 saturated carbocycles. The number of ether oxygens (including phenoxy) is 4. The van der Waals surface area contributed by atoms with Crippen LogP contribution in [0, 0.1) is 0 Å². The van der Waals surface area contributed by atoms with Crippen LogP contribution < -0.4 is 24.3 Å². The minimum absolute atomic E-state index is 0.140. The van der Waals surface area contributed by atoms with Crippen molar-refractivity contribution in [2.75, 3.05) is 21.0 Å². The van der Waals surface area contributed by atoms with E-state index in [9.17, 15) is 4.79 Å². The molecule has 0 spiro atoms. The lowest BCUT2D eigenvalue weighted by Crippen LogP contribution is -2.37. The number of hydrogen-bond donors (Lipinski definition) is 1. The van der Waals surface area contributed by atoms with Gasteiger partial charge in [-0.25, -0.2) is 4.99 Å². The maximum absolute atomic E-state index is 13.4. The number of fused-ring (bicyclic) bond motifs is 2. The molecule has 2 aliphatic heterocycles. The van der Waals surface area contributed by atoms with E-state index in [-0.39, 0.29) is 12.7 Å². The van der Waals surface area contributed by atoms with E-state index in [1.165, 1.54) is 0 Å². The first-order valence-corrected chi connectivity index (χ1v) is 11.3. The lowest BCUT2D eigenvalue weighted by Gasteiger charge is -2.22. The van der Waals surface area contributed by atoms with Crippen molar-refractivity contribution in [3.05, 3.63) is 71.8 Å². The number of nitrogens with zero attached hydrogens (tertiary/aromatic N) is 2. The van der Waals surface area contributed by atoms with Crippen molar-refractivity contribution in [2.45, 2.75) is 19.3 Å². The van der Waals surface area contributed by atoms with Gasteiger partial charge in [-0.3, -0.25) is 9.79 Å². The van der Waals surface area contributed by atoms with Gasteiger partial charge in [0.1, 0.15) is 5.84 Å². The molecule has 0 radical (unpaired) electrons. The van der Waals surface area contributed by atoms with Crippen molar-refractivity contribution in [3.8, 4) is 23.0 Å². The third-order valence-corrected chi connectivity index (χ3v) is 5.97. The highest BCUT2D eigenvalue weighted by atomic mass is 16.7. The van der Waals surface area contributed by atoms with Gasteiger partial charge >= 0.3 is 0 Å². The minimum Gasteiger partial charge on any atom is -0.493 e. The number of rotatable bonds is 5. The third-order valence-electron chi connectivity index (χ3n) is 5.97. The summed E-state index contributed by atoms with van der Waals surface area (Å²) in [6.07, 6.45) is 0.659. The normalized spacial score (nSPS) is 15.9. The first-order chi connectivity index (χ1) is 17.1. The Kier molecular flexibility index (Phi) is 6.10. The van der Waals surface area contributed by atoms with E-state index in [4.69, 9.17) is 28.9 Å². The van der Waals surface area contributed by atoms with Gasteiger partial charge in [0, 0.05) is 11.3 Å². The smallest absolute Gasteiger partial charge is 0.256 e. The van der Waals surface area contributed by atoms with Crippen LogP contribution in [0.1, 0.15) is 35.2 Å². The van der Waals surface area contributed by atoms with Crippen LogP contribution in [-0.4, -0.2) is 38.5 Å². The summed E-state index contributed by atoms with van der Waals surface area (Å²) in [7, 11) is 3.19. The standard InChI is InChI=1S/C27H25N3O5/c1-4-18-25(16-9-11-21(32-2)23(13-16)33-3)26(29-20-8-6-5-7-19(20)28-18)30-27(31)17-10-12-22-24(14-17)35-15-34-22/h5-14,25H,4,15H2,1-3H3,(H,29,30,31)/t25-/m1/s1. The molecule has 1 N–H and O–H groups in total. The van der Waals surface area contributed by atoms with Gasteiger partial charge in [-0.1, -0.05) is 25.1 Å². The number of nitrogens with one attached hydrogen (secondary N) is 1. The summed E-state index contributed by atoms with van der Waals surface area (Å²) in [6.45, 7) is 2.18. The van der Waals surface area contributed by atoms with Gasteiger partial charge in [0.2, 0.25) is 6.79 Å². The Morgan fingerprint density at radius 2 is 1.69 bits per heavy atom. The van der Waals surface area contributed by atoms with Gasteiger partial charge in [0.25, 0.3) is 5.91 Å². The Labute approximate surface area is 203 Å². The summed E-state index contributed by atoms with van der Waals surface area (Å²) in [5.74, 6) is 2.14. The van der Waals surface area contributed by atoms with Crippen molar-refractivity contribution in [1.29, 1.82) is 0 Å². The van der Waals surface area contributed by atoms with E-state index in [0.29, 0.717) is 46.5 Å². The molecule has 178 valence electrons. The molecule has 1 atom stereocenters. The summed E-state index contributed by atoms with van der Waals surface area (Å²) >= 11 is 0. The highest BCUT2D eigenvalue weighted by Gasteiger charge is 2.29. The van der Waals surface area contributed by atoms with E-state index in [2.05, 4.69) is 5.32 Å². The maximum atomic E-state index is 13.4. The molecular weight excluding hydrogens is 446 g/mol. The van der Waals surface area contributed by atoms with E-state index in [1.807, 2.05) is 49.4 Å². The van der Waals surface area contributed by atoms with Crippen LogP contribution in [0.25, 0.3) is 0 Å². The largest absolute Gasteiger partial charge is 0.493 e. The van der Waals surface area contributed by atoms with E-state index >= 15 is 0 Å². The number of para-hydroxylation sites is 2. The van der Waals surface area contributed by atoms with E-state index < -0.39 is 5.92 Å². The summed E-state index contributed by atoms with van der Waals surface area (Å²) < 4.78 is 21.8. The Hall–Kier alpha value is -4.33. The topological polar surface area (TPSA) is 90.7 Å². The number of aliphatic imine (C=N–C) groups is 2. The minimum atomic E-state index is -0.398. The average molecular weight is 472 g/mol. The maximum Gasteiger partial charge on any atom is 0.256 e. The molecule has 8 nitrogen and oxygen atoms in total. The number of carbonyl (C=O) groups is 1. The average Bonchev–Trinajstić information content (AvgIpc) is 3.30. The SMILES string of the molecule is CCC1=Nc2ccccc2N=C(NC(=O)c2ccc3c(c2)OCO3)[C@@H]1c1ccc(OC)c(OC)c1. The van der Waals surface area contributed by atoms with Gasteiger partial charge in [-0.15, -0.1) is 0 Å². The molecule has 2 heterocycles. The van der Waals surface area contributed by atoms with Crippen LogP contribution in [0.4, 0.5) is 11.4 Å². The van der Waals surface area contributed by atoms with Gasteiger partial charge in [0.05, 0.1) is 31.5 Å². The zero-order valence-corrected chi connectivity index (χ0v) is 19.7. The fourth-order valence-corrected chi connectivity index (χ4v) is 4.22. The second-order valence-electron chi connectivity index (χ2n) is 8.01.